The largest absolute Gasteiger partial charge is 0.496 e. The molecule has 1 rings (SSSR count). The fourth-order valence-corrected chi connectivity index (χ4v) is 4.55. The van der Waals surface area contributed by atoms with E-state index in [4.69, 9.17) is 9.16 Å². The van der Waals surface area contributed by atoms with Crippen LogP contribution in [0.5, 0.6) is 0 Å². The van der Waals surface area contributed by atoms with Gasteiger partial charge in [0.2, 0.25) is 0 Å². The Bertz CT molecular complexity index is 355. The van der Waals surface area contributed by atoms with Crippen LogP contribution in [0, 0.1) is 5.41 Å². The molecule has 0 radical (unpaired) electrons. The van der Waals surface area contributed by atoms with Crippen molar-refractivity contribution >= 4 is 13.7 Å². The highest BCUT2D eigenvalue weighted by Crippen LogP contribution is 2.26. The summed E-state index contributed by atoms with van der Waals surface area (Å²) in [5.74, 6) is 0. The highest BCUT2D eigenvalue weighted by Gasteiger charge is 2.38. The first-order valence-electron chi connectivity index (χ1n) is 7.67. The molecule has 0 aromatic rings. The molecule has 1 aliphatic rings. The molecule has 2 atom stereocenters. The summed E-state index contributed by atoms with van der Waals surface area (Å²) in [6, 6.07) is 0. The zero-order valence-corrected chi connectivity index (χ0v) is 14.9. The lowest BCUT2D eigenvalue weighted by Crippen LogP contribution is -2.48. The SMILES string of the molecule is CCC(O[Si](C)(C)C(=O)CC(C)(C)C)C1CCC=CO1. The van der Waals surface area contributed by atoms with Gasteiger partial charge in [0.15, 0.2) is 0 Å². The molecule has 0 saturated carbocycles. The maximum absolute atomic E-state index is 12.5. The van der Waals surface area contributed by atoms with E-state index in [1.807, 2.05) is 19.2 Å². The van der Waals surface area contributed by atoms with Crippen molar-refractivity contribution in [2.24, 2.45) is 5.41 Å². The van der Waals surface area contributed by atoms with Gasteiger partial charge in [-0.15, -0.1) is 0 Å². The van der Waals surface area contributed by atoms with Crippen molar-refractivity contribution in [2.75, 3.05) is 0 Å². The molecule has 0 N–H and O–H groups in total. The third-order valence-corrected chi connectivity index (χ3v) is 6.00. The highest BCUT2D eigenvalue weighted by atomic mass is 28.4. The first-order valence-corrected chi connectivity index (χ1v) is 10.6. The average molecular weight is 298 g/mol. The fourth-order valence-electron chi connectivity index (χ4n) is 2.39. The van der Waals surface area contributed by atoms with Crippen LogP contribution in [0.25, 0.3) is 0 Å². The van der Waals surface area contributed by atoms with Gasteiger partial charge >= 0.3 is 0 Å². The molecule has 0 bridgehead atoms. The van der Waals surface area contributed by atoms with Crippen molar-refractivity contribution in [3.05, 3.63) is 12.3 Å². The van der Waals surface area contributed by atoms with Crippen molar-refractivity contribution < 1.29 is 14.0 Å². The Labute approximate surface area is 124 Å². The van der Waals surface area contributed by atoms with E-state index in [1.165, 1.54) is 0 Å². The standard InChI is InChI=1S/C16H30O3Si/c1-7-13(14-10-8-9-11-18-14)19-20(5,6)15(17)12-16(2,3)4/h9,11,13-14H,7-8,10,12H2,1-6H3. The van der Waals surface area contributed by atoms with E-state index in [2.05, 4.69) is 27.7 Å². The van der Waals surface area contributed by atoms with E-state index in [9.17, 15) is 4.79 Å². The molecule has 0 aromatic heterocycles. The predicted molar refractivity (Wildman–Crippen MR) is 85.0 cm³/mol. The van der Waals surface area contributed by atoms with Gasteiger partial charge in [0.1, 0.15) is 11.5 Å². The molecular formula is C16H30O3Si. The molecule has 2 unspecified atom stereocenters. The Hall–Kier alpha value is -0.613. The Balaban J connectivity index is 2.66. The Morgan fingerprint density at radius 1 is 1.45 bits per heavy atom. The molecule has 0 fully saturated rings. The van der Waals surface area contributed by atoms with E-state index >= 15 is 0 Å². The number of carbonyl (C=O) groups excluding carboxylic acids is 1. The third-order valence-electron chi connectivity index (χ3n) is 3.59. The number of allylic oxidation sites excluding steroid dienone is 1. The highest BCUT2D eigenvalue weighted by molar-refractivity contribution is 6.99. The monoisotopic (exact) mass is 298 g/mol. The van der Waals surface area contributed by atoms with Crippen LogP contribution in [-0.4, -0.2) is 25.9 Å². The van der Waals surface area contributed by atoms with Crippen LogP contribution in [0.4, 0.5) is 0 Å². The summed E-state index contributed by atoms with van der Waals surface area (Å²) in [4.78, 5) is 12.5. The minimum Gasteiger partial charge on any atom is -0.496 e. The van der Waals surface area contributed by atoms with Gasteiger partial charge in [-0.1, -0.05) is 27.7 Å². The van der Waals surface area contributed by atoms with Crippen LogP contribution in [0.3, 0.4) is 0 Å². The molecule has 0 saturated heterocycles. The number of hydrogen-bond acceptors (Lipinski definition) is 3. The van der Waals surface area contributed by atoms with Crippen LogP contribution in [-0.2, 0) is 14.0 Å². The lowest BCUT2D eigenvalue weighted by molar-refractivity contribution is -0.116. The van der Waals surface area contributed by atoms with Gasteiger partial charge in [0, 0.05) is 6.42 Å². The summed E-state index contributed by atoms with van der Waals surface area (Å²) in [5.41, 5.74) is 0.0243. The smallest absolute Gasteiger partial charge is 0.259 e. The zero-order valence-electron chi connectivity index (χ0n) is 13.9. The number of rotatable bonds is 6. The normalized spacial score (nSPS) is 21.4. The fraction of sp³-hybridized carbons (Fsp3) is 0.812. The molecule has 0 aromatic carbocycles. The van der Waals surface area contributed by atoms with Crippen LogP contribution in [0.1, 0.15) is 53.4 Å². The summed E-state index contributed by atoms with van der Waals surface area (Å²) >= 11 is 0. The molecule has 20 heavy (non-hydrogen) atoms. The minimum absolute atomic E-state index is 0.0243. The van der Waals surface area contributed by atoms with Crippen molar-refractivity contribution in [1.29, 1.82) is 0 Å². The van der Waals surface area contributed by atoms with Crippen molar-refractivity contribution in [3.63, 3.8) is 0 Å². The molecule has 0 amide bonds. The van der Waals surface area contributed by atoms with Gasteiger partial charge in [0.05, 0.1) is 12.4 Å². The minimum atomic E-state index is -2.33. The van der Waals surface area contributed by atoms with E-state index in [1.54, 1.807) is 6.26 Å². The molecule has 3 nitrogen and oxygen atoms in total. The molecule has 0 aliphatic carbocycles. The molecule has 116 valence electrons. The van der Waals surface area contributed by atoms with Crippen molar-refractivity contribution in [3.8, 4) is 0 Å². The first kappa shape index (κ1) is 17.4. The molecule has 1 heterocycles. The quantitative estimate of drug-likeness (QED) is 0.689. The van der Waals surface area contributed by atoms with Crippen LogP contribution < -0.4 is 0 Å². The van der Waals surface area contributed by atoms with E-state index in [-0.39, 0.29) is 17.6 Å². The molecular weight excluding hydrogens is 268 g/mol. The number of hydrogen-bond donors (Lipinski definition) is 0. The number of carbonyl (C=O) groups is 1. The van der Waals surface area contributed by atoms with Gasteiger partial charge in [-0.3, -0.25) is 0 Å². The second kappa shape index (κ2) is 6.90. The van der Waals surface area contributed by atoms with Crippen molar-refractivity contribution in [1.82, 2.24) is 0 Å². The van der Waals surface area contributed by atoms with Crippen molar-refractivity contribution in [2.45, 2.75) is 78.7 Å². The van der Waals surface area contributed by atoms with Gasteiger partial charge < -0.3 is 14.0 Å². The third kappa shape index (κ3) is 5.41. The average Bonchev–Trinajstić information content (AvgIpc) is 2.35. The van der Waals surface area contributed by atoms with Gasteiger partial charge in [0.25, 0.3) is 8.32 Å². The van der Waals surface area contributed by atoms with E-state index in [0.717, 1.165) is 19.3 Å². The summed E-state index contributed by atoms with van der Waals surface area (Å²) < 4.78 is 11.9. The second-order valence-corrected chi connectivity index (χ2v) is 11.2. The Morgan fingerprint density at radius 3 is 2.55 bits per heavy atom. The number of ether oxygens (including phenoxy) is 1. The molecule has 0 spiro atoms. The zero-order chi connectivity index (χ0) is 15.4. The summed E-state index contributed by atoms with van der Waals surface area (Å²) in [6.45, 7) is 12.4. The molecule has 4 heteroatoms. The second-order valence-electron chi connectivity index (χ2n) is 7.36. The lowest BCUT2D eigenvalue weighted by Gasteiger charge is -2.34. The Morgan fingerprint density at radius 2 is 2.10 bits per heavy atom. The summed E-state index contributed by atoms with van der Waals surface area (Å²) in [7, 11) is -2.33. The summed E-state index contributed by atoms with van der Waals surface area (Å²) in [6.07, 6.45) is 7.42. The van der Waals surface area contributed by atoms with Crippen LogP contribution >= 0.6 is 0 Å². The summed E-state index contributed by atoms with van der Waals surface area (Å²) in [5, 5.41) is 0.301. The van der Waals surface area contributed by atoms with Gasteiger partial charge in [-0.2, -0.15) is 0 Å². The van der Waals surface area contributed by atoms with E-state index < -0.39 is 8.32 Å². The first-order chi connectivity index (χ1) is 9.15. The van der Waals surface area contributed by atoms with Gasteiger partial charge in [-0.05, 0) is 43.8 Å². The van der Waals surface area contributed by atoms with Gasteiger partial charge in [-0.25, -0.2) is 0 Å². The van der Waals surface area contributed by atoms with E-state index in [0.29, 0.717) is 11.8 Å². The predicted octanol–water partition coefficient (Wildman–Crippen LogP) is 4.22. The van der Waals surface area contributed by atoms with Crippen LogP contribution in [0.15, 0.2) is 12.3 Å². The maximum atomic E-state index is 12.5. The van der Waals surface area contributed by atoms with Crippen LogP contribution in [0.2, 0.25) is 13.1 Å². The molecule has 1 aliphatic heterocycles. The lowest BCUT2D eigenvalue weighted by atomic mass is 9.93. The topological polar surface area (TPSA) is 35.5 Å². The Kier molecular flexibility index (Phi) is 6.01. The maximum Gasteiger partial charge on any atom is 0.259 e.